The Kier molecular flexibility index (Phi) is 8.71. The zero-order valence-corrected chi connectivity index (χ0v) is 19.3. The van der Waals surface area contributed by atoms with Gasteiger partial charge in [-0.2, -0.15) is 0 Å². The molecule has 172 valence electrons. The van der Waals surface area contributed by atoms with E-state index < -0.39 is 0 Å². The van der Waals surface area contributed by atoms with Crippen molar-refractivity contribution in [2.45, 2.75) is 26.4 Å². The van der Waals surface area contributed by atoms with E-state index in [1.807, 2.05) is 61.2 Å². The Morgan fingerprint density at radius 3 is 2.66 bits per heavy atom. The highest BCUT2D eigenvalue weighted by Crippen LogP contribution is 2.14. The number of carbonyl (C=O) groups excluding carboxylic acids is 1. The molecule has 0 saturated carbocycles. The summed E-state index contributed by atoms with van der Waals surface area (Å²) in [6, 6.07) is 13.9. The molecular weight excluding hydrogens is 404 g/mol. The number of guanidine groups is 1. The number of nitrogens with zero attached hydrogens (tertiary/aromatic N) is 4. The van der Waals surface area contributed by atoms with Crippen LogP contribution in [0.3, 0.4) is 0 Å². The van der Waals surface area contributed by atoms with Gasteiger partial charge in [0.15, 0.2) is 5.96 Å². The van der Waals surface area contributed by atoms with E-state index in [0.717, 1.165) is 37.7 Å². The molecule has 0 bridgehead atoms. The van der Waals surface area contributed by atoms with Crippen LogP contribution in [0.5, 0.6) is 5.75 Å². The van der Waals surface area contributed by atoms with Gasteiger partial charge in [-0.15, -0.1) is 0 Å². The summed E-state index contributed by atoms with van der Waals surface area (Å²) in [7, 11) is 1.72. The molecule has 0 radical (unpaired) electrons. The zero-order chi connectivity index (χ0) is 22.8. The second kappa shape index (κ2) is 11.9. The minimum Gasteiger partial charge on any atom is -0.489 e. The van der Waals surface area contributed by atoms with E-state index in [9.17, 15) is 4.79 Å². The molecule has 2 aromatic rings. The Balaban J connectivity index is 1.33. The molecule has 2 heterocycles. The van der Waals surface area contributed by atoms with Gasteiger partial charge in [0.05, 0.1) is 6.54 Å². The highest BCUT2D eigenvalue weighted by molar-refractivity contribution is 5.81. The van der Waals surface area contributed by atoms with E-state index in [2.05, 4.69) is 25.5 Å². The average molecular weight is 439 g/mol. The Labute approximate surface area is 190 Å². The van der Waals surface area contributed by atoms with Gasteiger partial charge >= 0.3 is 0 Å². The molecule has 1 aliphatic heterocycles. The molecule has 0 aliphatic carbocycles. The lowest BCUT2D eigenvalue weighted by atomic mass is 10.2. The first-order chi connectivity index (χ1) is 15.5. The highest BCUT2D eigenvalue weighted by atomic mass is 16.5. The van der Waals surface area contributed by atoms with E-state index in [0.29, 0.717) is 25.5 Å². The number of aryl methyl sites for hydroxylation is 1. The second-order valence-electron chi connectivity index (χ2n) is 7.93. The molecule has 1 fully saturated rings. The first kappa shape index (κ1) is 23.4. The number of pyridine rings is 1. The smallest absolute Gasteiger partial charge is 0.224 e. The molecule has 3 rings (SSSR count). The van der Waals surface area contributed by atoms with Crippen LogP contribution >= 0.6 is 0 Å². The van der Waals surface area contributed by atoms with Crippen molar-refractivity contribution >= 4 is 17.7 Å². The Bertz CT molecular complexity index is 881. The van der Waals surface area contributed by atoms with Crippen LogP contribution in [0.2, 0.25) is 0 Å². The number of hydrogen-bond acceptors (Lipinski definition) is 5. The number of ether oxygens (including phenoxy) is 1. The molecule has 2 N–H and O–H groups in total. The fraction of sp³-hybridized carbons (Fsp3) is 0.458. The minimum atomic E-state index is -0.0209. The second-order valence-corrected chi connectivity index (χ2v) is 7.93. The highest BCUT2D eigenvalue weighted by Gasteiger charge is 2.21. The normalized spacial score (nSPS) is 15.3. The molecule has 1 aromatic carbocycles. The SMILES string of the molecule is CN=C(NCCC(=O)N1CCN(c2ccccn2)CC1)NCC(C)Oc1cccc(C)c1. The number of carbonyl (C=O) groups is 1. The maximum absolute atomic E-state index is 12.6. The van der Waals surface area contributed by atoms with Crippen molar-refractivity contribution in [1.82, 2.24) is 20.5 Å². The van der Waals surface area contributed by atoms with E-state index in [1.165, 1.54) is 5.56 Å². The summed E-state index contributed by atoms with van der Waals surface area (Å²) in [5.74, 6) is 2.65. The summed E-state index contributed by atoms with van der Waals surface area (Å²) in [4.78, 5) is 25.3. The lowest BCUT2D eigenvalue weighted by Gasteiger charge is -2.35. The topological polar surface area (TPSA) is 82.1 Å². The fourth-order valence-electron chi connectivity index (χ4n) is 3.60. The standard InChI is InChI=1S/C24H34N6O2/c1-19-7-6-8-21(17-19)32-20(2)18-28-24(25-3)27-12-10-23(31)30-15-13-29(14-16-30)22-9-4-5-11-26-22/h4-9,11,17,20H,10,12-16,18H2,1-3H3,(H2,25,27,28). The minimum absolute atomic E-state index is 0.0209. The van der Waals surface area contributed by atoms with Crippen LogP contribution in [0.4, 0.5) is 5.82 Å². The van der Waals surface area contributed by atoms with Gasteiger partial charge in [0.1, 0.15) is 17.7 Å². The Morgan fingerprint density at radius 2 is 1.97 bits per heavy atom. The molecule has 8 nitrogen and oxygen atoms in total. The number of aromatic nitrogens is 1. The number of nitrogens with one attached hydrogen (secondary N) is 2. The number of anilines is 1. The summed E-state index contributed by atoms with van der Waals surface area (Å²) in [5, 5.41) is 6.47. The third-order valence-corrected chi connectivity index (χ3v) is 5.34. The summed E-state index contributed by atoms with van der Waals surface area (Å²) in [6.07, 6.45) is 2.21. The number of hydrogen-bond donors (Lipinski definition) is 2. The first-order valence-corrected chi connectivity index (χ1v) is 11.2. The van der Waals surface area contributed by atoms with Crippen molar-refractivity contribution in [3.05, 3.63) is 54.2 Å². The fourth-order valence-corrected chi connectivity index (χ4v) is 3.60. The summed E-state index contributed by atoms with van der Waals surface area (Å²) in [5.41, 5.74) is 1.17. The van der Waals surface area contributed by atoms with E-state index in [4.69, 9.17) is 4.74 Å². The molecule has 1 unspecified atom stereocenters. The van der Waals surface area contributed by atoms with E-state index in [-0.39, 0.29) is 12.0 Å². The quantitative estimate of drug-likeness (QED) is 0.485. The molecule has 1 atom stereocenters. The molecule has 32 heavy (non-hydrogen) atoms. The van der Waals surface area contributed by atoms with Crippen LogP contribution in [0.1, 0.15) is 18.9 Å². The van der Waals surface area contributed by atoms with E-state index >= 15 is 0 Å². The van der Waals surface area contributed by atoms with Gasteiger partial charge in [-0.3, -0.25) is 9.79 Å². The Hall–Kier alpha value is -3.29. The van der Waals surface area contributed by atoms with Gasteiger partial charge < -0.3 is 25.2 Å². The van der Waals surface area contributed by atoms with Crippen LogP contribution in [0.15, 0.2) is 53.7 Å². The van der Waals surface area contributed by atoms with Crippen molar-refractivity contribution in [3.8, 4) is 5.75 Å². The molecule has 1 amide bonds. The van der Waals surface area contributed by atoms with Crippen molar-refractivity contribution in [2.24, 2.45) is 4.99 Å². The van der Waals surface area contributed by atoms with Gasteiger partial charge in [0.2, 0.25) is 5.91 Å². The van der Waals surface area contributed by atoms with Gasteiger partial charge in [0, 0.05) is 52.4 Å². The van der Waals surface area contributed by atoms with Crippen molar-refractivity contribution < 1.29 is 9.53 Å². The molecule has 1 aliphatic rings. The van der Waals surface area contributed by atoms with Crippen molar-refractivity contribution in [3.63, 3.8) is 0 Å². The summed E-state index contributed by atoms with van der Waals surface area (Å²) in [6.45, 7) is 8.24. The third-order valence-electron chi connectivity index (χ3n) is 5.34. The van der Waals surface area contributed by atoms with Gasteiger partial charge in [-0.05, 0) is 43.7 Å². The van der Waals surface area contributed by atoms with Crippen molar-refractivity contribution in [1.29, 1.82) is 0 Å². The number of aliphatic imine (C=N–C) groups is 1. The number of piperazine rings is 1. The number of benzene rings is 1. The summed E-state index contributed by atoms with van der Waals surface area (Å²) < 4.78 is 5.94. The first-order valence-electron chi connectivity index (χ1n) is 11.2. The average Bonchev–Trinajstić information content (AvgIpc) is 2.82. The third kappa shape index (κ3) is 7.14. The molecular formula is C24H34N6O2. The maximum atomic E-state index is 12.6. The lowest BCUT2D eigenvalue weighted by molar-refractivity contribution is -0.131. The lowest BCUT2D eigenvalue weighted by Crippen LogP contribution is -2.49. The van der Waals surface area contributed by atoms with Crippen LogP contribution in [-0.2, 0) is 4.79 Å². The molecule has 1 aromatic heterocycles. The maximum Gasteiger partial charge on any atom is 0.224 e. The van der Waals surface area contributed by atoms with Crippen LogP contribution < -0.4 is 20.3 Å². The zero-order valence-electron chi connectivity index (χ0n) is 19.3. The predicted molar refractivity (Wildman–Crippen MR) is 128 cm³/mol. The van der Waals surface area contributed by atoms with Gasteiger partial charge in [0.25, 0.3) is 0 Å². The van der Waals surface area contributed by atoms with Gasteiger partial charge in [-0.25, -0.2) is 4.98 Å². The summed E-state index contributed by atoms with van der Waals surface area (Å²) >= 11 is 0. The molecule has 8 heteroatoms. The van der Waals surface area contributed by atoms with Crippen LogP contribution in [-0.4, -0.2) is 74.2 Å². The van der Waals surface area contributed by atoms with Gasteiger partial charge in [-0.1, -0.05) is 18.2 Å². The van der Waals surface area contributed by atoms with Crippen LogP contribution in [0.25, 0.3) is 0 Å². The number of rotatable bonds is 8. The van der Waals surface area contributed by atoms with Crippen LogP contribution in [0, 0.1) is 6.92 Å². The Morgan fingerprint density at radius 1 is 1.16 bits per heavy atom. The molecule has 1 saturated heterocycles. The largest absolute Gasteiger partial charge is 0.489 e. The monoisotopic (exact) mass is 438 g/mol. The predicted octanol–water partition coefficient (Wildman–Crippen LogP) is 2.06. The molecule has 0 spiro atoms. The number of amides is 1. The van der Waals surface area contributed by atoms with Crippen molar-refractivity contribution in [2.75, 3.05) is 51.2 Å². The van der Waals surface area contributed by atoms with E-state index in [1.54, 1.807) is 13.2 Å².